The molecule has 0 aromatic heterocycles. The lowest BCUT2D eigenvalue weighted by molar-refractivity contribution is -0.115. The number of nitrogens with one attached hydrogen (secondary N) is 1. The number of hydrogen-bond acceptors (Lipinski definition) is 5. The van der Waals surface area contributed by atoms with Crippen molar-refractivity contribution >= 4 is 35.0 Å². The highest BCUT2D eigenvalue weighted by molar-refractivity contribution is 8.00. The highest BCUT2D eigenvalue weighted by Gasteiger charge is 2.37. The van der Waals surface area contributed by atoms with Crippen LogP contribution in [0.1, 0.15) is 21.3 Å². The van der Waals surface area contributed by atoms with Gasteiger partial charge in [0.25, 0.3) is 5.91 Å². The molecule has 1 aliphatic rings. The van der Waals surface area contributed by atoms with Crippen molar-refractivity contribution in [3.63, 3.8) is 0 Å². The van der Waals surface area contributed by atoms with Crippen LogP contribution in [0.5, 0.6) is 11.5 Å². The van der Waals surface area contributed by atoms with Crippen LogP contribution in [0.3, 0.4) is 0 Å². The van der Waals surface area contributed by atoms with Gasteiger partial charge in [0, 0.05) is 22.9 Å². The molecule has 3 aromatic carbocycles. The zero-order valence-electron chi connectivity index (χ0n) is 17.5. The van der Waals surface area contributed by atoms with Gasteiger partial charge in [-0.15, -0.1) is 11.8 Å². The van der Waals surface area contributed by atoms with Gasteiger partial charge in [0.1, 0.15) is 22.7 Å². The molecule has 0 saturated carbocycles. The number of halogens is 1. The Hall–Kier alpha value is -3.52. The van der Waals surface area contributed by atoms with Gasteiger partial charge in [-0.3, -0.25) is 14.5 Å². The van der Waals surface area contributed by atoms with E-state index in [9.17, 15) is 14.0 Å². The van der Waals surface area contributed by atoms with Crippen LogP contribution in [0.2, 0.25) is 0 Å². The third kappa shape index (κ3) is 4.27. The monoisotopic (exact) mass is 452 g/mol. The molecule has 164 valence electrons. The van der Waals surface area contributed by atoms with Crippen LogP contribution >= 0.6 is 11.8 Å². The van der Waals surface area contributed by atoms with E-state index in [1.807, 2.05) is 12.1 Å². The first-order chi connectivity index (χ1) is 15.5. The van der Waals surface area contributed by atoms with E-state index in [1.165, 1.54) is 37.1 Å². The summed E-state index contributed by atoms with van der Waals surface area (Å²) < 4.78 is 24.3. The topological polar surface area (TPSA) is 67.9 Å². The van der Waals surface area contributed by atoms with Crippen LogP contribution in [-0.4, -0.2) is 31.8 Å². The number of thioether (sulfide) groups is 1. The van der Waals surface area contributed by atoms with E-state index in [4.69, 9.17) is 9.47 Å². The standard InChI is InChI=1S/C24H21FN2O4S/c1-30-17-10-11-20(21(13-17)31-2)27-22(28)14-32-24(27)18-8-3-4-9-19(18)26-23(29)15-6-5-7-16(25)12-15/h3-13,24H,14H2,1-2H3,(H,26,29)/t24-/m1/s1. The fourth-order valence-electron chi connectivity index (χ4n) is 3.55. The predicted octanol–water partition coefficient (Wildman–Crippen LogP) is 4.87. The summed E-state index contributed by atoms with van der Waals surface area (Å²) in [7, 11) is 3.10. The van der Waals surface area contributed by atoms with Crippen LogP contribution in [0.15, 0.2) is 66.7 Å². The Bertz CT molecular complexity index is 1170. The Labute approximate surface area is 189 Å². The van der Waals surface area contributed by atoms with Crippen LogP contribution in [0.25, 0.3) is 0 Å². The maximum atomic E-state index is 13.6. The molecule has 6 nitrogen and oxygen atoms in total. The van der Waals surface area contributed by atoms with Gasteiger partial charge in [-0.25, -0.2) is 4.39 Å². The quantitative estimate of drug-likeness (QED) is 0.578. The zero-order valence-corrected chi connectivity index (χ0v) is 18.3. The molecule has 0 aliphatic carbocycles. The van der Waals surface area contributed by atoms with Crippen molar-refractivity contribution < 1.29 is 23.5 Å². The maximum Gasteiger partial charge on any atom is 0.255 e. The molecule has 1 aliphatic heterocycles. The largest absolute Gasteiger partial charge is 0.497 e. The third-order valence-corrected chi connectivity index (χ3v) is 6.27. The molecule has 1 saturated heterocycles. The number of ether oxygens (including phenoxy) is 2. The summed E-state index contributed by atoms with van der Waals surface area (Å²) in [5.74, 6) is 0.414. The van der Waals surface area contributed by atoms with E-state index in [0.717, 1.165) is 5.56 Å². The van der Waals surface area contributed by atoms with Crippen molar-refractivity contribution in [3.8, 4) is 11.5 Å². The SMILES string of the molecule is COc1ccc(N2C(=O)CS[C@@H]2c2ccccc2NC(=O)c2cccc(F)c2)c(OC)c1. The van der Waals surface area contributed by atoms with Crippen molar-refractivity contribution in [3.05, 3.63) is 83.7 Å². The Morgan fingerprint density at radius 2 is 1.88 bits per heavy atom. The molecule has 1 heterocycles. The van der Waals surface area contributed by atoms with Crippen molar-refractivity contribution in [2.75, 3.05) is 30.2 Å². The Morgan fingerprint density at radius 3 is 2.62 bits per heavy atom. The summed E-state index contributed by atoms with van der Waals surface area (Å²) in [5, 5.41) is 2.48. The van der Waals surface area contributed by atoms with E-state index in [-0.39, 0.29) is 22.6 Å². The number of methoxy groups -OCH3 is 2. The molecule has 0 radical (unpaired) electrons. The van der Waals surface area contributed by atoms with Gasteiger partial charge in [-0.05, 0) is 36.4 Å². The lowest BCUT2D eigenvalue weighted by atomic mass is 10.1. The minimum absolute atomic E-state index is 0.0743. The second-order valence-electron chi connectivity index (χ2n) is 7.02. The second kappa shape index (κ2) is 9.32. The minimum atomic E-state index is -0.486. The van der Waals surface area contributed by atoms with Crippen LogP contribution in [0, 0.1) is 5.82 Å². The first-order valence-electron chi connectivity index (χ1n) is 9.83. The van der Waals surface area contributed by atoms with E-state index < -0.39 is 11.7 Å². The fourth-order valence-corrected chi connectivity index (χ4v) is 4.75. The lowest BCUT2D eigenvalue weighted by Gasteiger charge is -2.27. The average Bonchev–Trinajstić information content (AvgIpc) is 3.19. The molecular weight excluding hydrogens is 431 g/mol. The van der Waals surface area contributed by atoms with Crippen molar-refractivity contribution in [2.24, 2.45) is 0 Å². The number of anilines is 2. The molecule has 1 atom stereocenters. The Balaban J connectivity index is 1.69. The molecule has 1 fully saturated rings. The third-order valence-electron chi connectivity index (χ3n) is 5.08. The van der Waals surface area contributed by atoms with Crippen molar-refractivity contribution in [1.82, 2.24) is 0 Å². The van der Waals surface area contributed by atoms with Gasteiger partial charge in [0.15, 0.2) is 0 Å². The molecule has 0 spiro atoms. The number of hydrogen-bond donors (Lipinski definition) is 1. The second-order valence-corrected chi connectivity index (χ2v) is 8.09. The Kier molecular flexibility index (Phi) is 6.32. The van der Waals surface area contributed by atoms with Gasteiger partial charge >= 0.3 is 0 Å². The summed E-state index contributed by atoms with van der Waals surface area (Å²) in [4.78, 5) is 27.2. The summed E-state index contributed by atoms with van der Waals surface area (Å²) in [5.41, 5.74) is 2.13. The molecule has 3 aromatic rings. The van der Waals surface area contributed by atoms with Gasteiger partial charge < -0.3 is 14.8 Å². The Morgan fingerprint density at radius 1 is 1.06 bits per heavy atom. The normalized spacial score (nSPS) is 15.5. The summed E-state index contributed by atoms with van der Waals surface area (Å²) >= 11 is 1.45. The molecule has 0 unspecified atom stereocenters. The van der Waals surface area contributed by atoms with Gasteiger partial charge in [-0.2, -0.15) is 0 Å². The lowest BCUT2D eigenvalue weighted by Crippen LogP contribution is -2.29. The van der Waals surface area contributed by atoms with E-state index in [2.05, 4.69) is 5.32 Å². The summed E-state index contributed by atoms with van der Waals surface area (Å²) in [6.07, 6.45) is 0. The summed E-state index contributed by atoms with van der Waals surface area (Å²) in [6, 6.07) is 18.0. The molecule has 2 amide bonds. The first kappa shape index (κ1) is 21.7. The molecular formula is C24H21FN2O4S. The predicted molar refractivity (Wildman–Crippen MR) is 123 cm³/mol. The maximum absolute atomic E-state index is 13.6. The van der Waals surface area contributed by atoms with Crippen molar-refractivity contribution in [1.29, 1.82) is 0 Å². The minimum Gasteiger partial charge on any atom is -0.497 e. The molecule has 8 heteroatoms. The highest BCUT2D eigenvalue weighted by Crippen LogP contribution is 2.47. The van der Waals surface area contributed by atoms with Gasteiger partial charge in [0.2, 0.25) is 5.91 Å². The molecule has 32 heavy (non-hydrogen) atoms. The van der Waals surface area contributed by atoms with Crippen LogP contribution < -0.4 is 19.7 Å². The number of nitrogens with zero attached hydrogens (tertiary/aromatic N) is 1. The number of rotatable bonds is 6. The number of carbonyl (C=O) groups excluding carboxylic acids is 2. The number of benzene rings is 3. The first-order valence-corrected chi connectivity index (χ1v) is 10.9. The van der Waals surface area contributed by atoms with Crippen molar-refractivity contribution in [2.45, 2.75) is 5.37 Å². The average molecular weight is 453 g/mol. The van der Waals surface area contributed by atoms with Crippen LogP contribution in [-0.2, 0) is 4.79 Å². The van der Waals surface area contributed by atoms with Gasteiger partial charge in [0.05, 0.1) is 25.7 Å². The van der Waals surface area contributed by atoms with E-state index in [1.54, 1.807) is 48.4 Å². The fraction of sp³-hybridized carbons (Fsp3) is 0.167. The smallest absolute Gasteiger partial charge is 0.255 e. The highest BCUT2D eigenvalue weighted by atomic mass is 32.2. The van der Waals surface area contributed by atoms with E-state index >= 15 is 0 Å². The number of carbonyl (C=O) groups is 2. The molecule has 4 rings (SSSR count). The number of amides is 2. The molecule has 0 bridgehead atoms. The summed E-state index contributed by atoms with van der Waals surface area (Å²) in [6.45, 7) is 0. The van der Waals surface area contributed by atoms with E-state index in [0.29, 0.717) is 22.9 Å². The molecule has 1 N–H and O–H groups in total. The number of para-hydroxylation sites is 1. The van der Waals surface area contributed by atoms with Crippen LogP contribution in [0.4, 0.5) is 15.8 Å². The van der Waals surface area contributed by atoms with Gasteiger partial charge in [-0.1, -0.05) is 24.3 Å². The zero-order chi connectivity index (χ0) is 22.7.